The van der Waals surface area contributed by atoms with E-state index >= 15 is 0 Å². The molecule has 2 aromatic carbocycles. The van der Waals surface area contributed by atoms with E-state index in [1.807, 2.05) is 48.7 Å². The van der Waals surface area contributed by atoms with E-state index < -0.39 is 0 Å². The number of hydrogen-bond donors (Lipinski definition) is 1. The van der Waals surface area contributed by atoms with Crippen LogP contribution in [0.1, 0.15) is 18.4 Å². The van der Waals surface area contributed by atoms with Gasteiger partial charge in [-0.25, -0.2) is 0 Å². The third kappa shape index (κ3) is 4.07. The van der Waals surface area contributed by atoms with Gasteiger partial charge in [0.25, 0.3) is 0 Å². The van der Waals surface area contributed by atoms with E-state index in [9.17, 15) is 4.79 Å². The van der Waals surface area contributed by atoms with Crippen LogP contribution in [0.2, 0.25) is 0 Å². The van der Waals surface area contributed by atoms with Crippen LogP contribution in [-0.2, 0) is 11.3 Å². The van der Waals surface area contributed by atoms with Gasteiger partial charge in [0.15, 0.2) is 0 Å². The number of anilines is 1. The molecule has 7 nitrogen and oxygen atoms in total. The van der Waals surface area contributed by atoms with Crippen molar-refractivity contribution in [2.45, 2.75) is 30.6 Å². The molecule has 4 rings (SSSR count). The topological polar surface area (TPSA) is 75.9 Å². The third-order valence-electron chi connectivity index (χ3n) is 4.88. The third-order valence-corrected chi connectivity index (χ3v) is 5.50. The van der Waals surface area contributed by atoms with Crippen LogP contribution < -0.4 is 5.32 Å². The monoisotopic (exact) mass is 394 g/mol. The molecule has 0 spiro atoms. The molecule has 0 bridgehead atoms. The number of rotatable bonds is 6. The lowest BCUT2D eigenvalue weighted by atomic mass is 10.1. The summed E-state index contributed by atoms with van der Waals surface area (Å²) in [6.45, 7) is 1.73. The molecular weight excluding hydrogens is 372 g/mol. The Kier molecular flexibility index (Phi) is 5.68. The highest BCUT2D eigenvalue weighted by atomic mass is 32.2. The zero-order chi connectivity index (χ0) is 19.3. The molecule has 0 saturated carbocycles. The van der Waals surface area contributed by atoms with E-state index in [0.29, 0.717) is 5.16 Å². The fourth-order valence-electron chi connectivity index (χ4n) is 3.54. The highest BCUT2D eigenvalue weighted by Crippen LogP contribution is 2.23. The van der Waals surface area contributed by atoms with Crippen molar-refractivity contribution in [3.8, 4) is 5.69 Å². The van der Waals surface area contributed by atoms with Crippen molar-refractivity contribution < 1.29 is 4.79 Å². The second kappa shape index (κ2) is 8.53. The van der Waals surface area contributed by atoms with Gasteiger partial charge in [-0.2, -0.15) is 4.68 Å². The molecule has 3 aromatic rings. The fourth-order valence-corrected chi connectivity index (χ4v) is 3.97. The maximum atomic E-state index is 12.9. The molecule has 2 heterocycles. The Bertz CT molecular complexity index is 945. The van der Waals surface area contributed by atoms with E-state index in [-0.39, 0.29) is 11.9 Å². The summed E-state index contributed by atoms with van der Waals surface area (Å²) >= 11 is 1.47. The van der Waals surface area contributed by atoms with Gasteiger partial charge in [0.2, 0.25) is 11.1 Å². The lowest BCUT2D eigenvalue weighted by Gasteiger charge is -2.23. The van der Waals surface area contributed by atoms with E-state index in [1.54, 1.807) is 4.68 Å². The van der Waals surface area contributed by atoms with Gasteiger partial charge in [-0.3, -0.25) is 9.69 Å². The molecule has 0 aliphatic carbocycles. The summed E-state index contributed by atoms with van der Waals surface area (Å²) in [5, 5.41) is 15.5. The molecule has 1 N–H and O–H groups in total. The molecular formula is C20H22N6OS. The number of hydrogen-bond acceptors (Lipinski definition) is 6. The van der Waals surface area contributed by atoms with Crippen LogP contribution in [0.5, 0.6) is 0 Å². The molecule has 1 atom stereocenters. The van der Waals surface area contributed by atoms with Gasteiger partial charge in [0.05, 0.1) is 11.7 Å². The van der Waals surface area contributed by atoms with Crippen molar-refractivity contribution in [2.24, 2.45) is 0 Å². The second-order valence-electron chi connectivity index (χ2n) is 6.73. The van der Waals surface area contributed by atoms with Crippen LogP contribution in [0.25, 0.3) is 5.69 Å². The molecule has 1 aliphatic heterocycles. The number of nitrogens with one attached hydrogen (secondary N) is 1. The Balaban J connectivity index is 1.46. The maximum absolute atomic E-state index is 12.9. The van der Waals surface area contributed by atoms with Gasteiger partial charge in [-0.05, 0) is 59.8 Å². The molecule has 1 fully saturated rings. The van der Waals surface area contributed by atoms with Crippen LogP contribution in [0.15, 0.2) is 59.8 Å². The number of likely N-dealkylation sites (tertiary alicyclic amines) is 1. The van der Waals surface area contributed by atoms with Crippen LogP contribution >= 0.6 is 11.8 Å². The molecule has 144 valence electrons. The Morgan fingerprint density at radius 1 is 1.21 bits per heavy atom. The molecule has 1 amide bonds. The quantitative estimate of drug-likeness (QED) is 0.648. The Morgan fingerprint density at radius 3 is 2.89 bits per heavy atom. The summed E-state index contributed by atoms with van der Waals surface area (Å²) < 4.78 is 1.66. The minimum Gasteiger partial charge on any atom is -0.325 e. The maximum Gasteiger partial charge on any atom is 0.241 e. The zero-order valence-electron chi connectivity index (χ0n) is 15.7. The summed E-state index contributed by atoms with van der Waals surface area (Å²) in [6, 6.07) is 17.8. The lowest BCUT2D eigenvalue weighted by molar-refractivity contribution is -0.120. The number of carbonyl (C=O) groups is 1. The molecule has 1 saturated heterocycles. The summed E-state index contributed by atoms with van der Waals surface area (Å²) in [5.41, 5.74) is 2.80. The first-order valence-electron chi connectivity index (χ1n) is 9.26. The number of amides is 1. The standard InChI is InChI=1S/C20H22N6OS/c1-28-20-22-23-24-26(20)17-10-5-9-16(13-17)21-19(27)18-11-6-12-25(18)14-15-7-3-2-4-8-15/h2-5,7-10,13,18H,6,11-12,14H2,1H3,(H,21,27). The number of nitrogens with zero attached hydrogens (tertiary/aromatic N) is 5. The Morgan fingerprint density at radius 2 is 2.07 bits per heavy atom. The first kappa shape index (κ1) is 18.6. The molecule has 28 heavy (non-hydrogen) atoms. The van der Waals surface area contributed by atoms with Crippen LogP contribution in [0, 0.1) is 0 Å². The summed E-state index contributed by atoms with van der Waals surface area (Å²) in [6.07, 6.45) is 3.84. The van der Waals surface area contributed by atoms with Gasteiger partial charge in [0, 0.05) is 12.2 Å². The van der Waals surface area contributed by atoms with Crippen molar-refractivity contribution in [3.05, 3.63) is 60.2 Å². The number of benzene rings is 2. The largest absolute Gasteiger partial charge is 0.325 e. The molecule has 1 aromatic heterocycles. The van der Waals surface area contributed by atoms with E-state index in [2.05, 4.69) is 37.9 Å². The van der Waals surface area contributed by atoms with E-state index in [4.69, 9.17) is 0 Å². The summed E-state index contributed by atoms with van der Waals surface area (Å²) in [4.78, 5) is 15.2. The molecule has 8 heteroatoms. The van der Waals surface area contributed by atoms with Gasteiger partial charge in [-0.1, -0.05) is 48.2 Å². The normalized spacial score (nSPS) is 17.0. The number of carbonyl (C=O) groups excluding carboxylic acids is 1. The predicted molar refractivity (Wildman–Crippen MR) is 109 cm³/mol. The van der Waals surface area contributed by atoms with Gasteiger partial charge < -0.3 is 5.32 Å². The van der Waals surface area contributed by atoms with Gasteiger partial charge in [0.1, 0.15) is 0 Å². The SMILES string of the molecule is CSc1nnnn1-c1cccc(NC(=O)C2CCCN2Cc2ccccc2)c1. The number of aromatic nitrogens is 4. The highest BCUT2D eigenvalue weighted by molar-refractivity contribution is 7.98. The molecule has 1 unspecified atom stereocenters. The first-order valence-corrected chi connectivity index (χ1v) is 10.5. The summed E-state index contributed by atoms with van der Waals surface area (Å²) in [7, 11) is 0. The van der Waals surface area contributed by atoms with Gasteiger partial charge >= 0.3 is 0 Å². The zero-order valence-corrected chi connectivity index (χ0v) is 16.5. The number of thioether (sulfide) groups is 1. The molecule has 0 radical (unpaired) electrons. The predicted octanol–water partition coefficient (Wildman–Crippen LogP) is 2.99. The van der Waals surface area contributed by atoms with E-state index in [0.717, 1.165) is 37.3 Å². The fraction of sp³-hybridized carbons (Fsp3) is 0.300. The minimum atomic E-state index is -0.112. The van der Waals surface area contributed by atoms with E-state index in [1.165, 1.54) is 17.3 Å². The lowest BCUT2D eigenvalue weighted by Crippen LogP contribution is -2.39. The van der Waals surface area contributed by atoms with Crippen molar-refractivity contribution in [3.63, 3.8) is 0 Å². The Labute approximate surface area is 168 Å². The summed E-state index contributed by atoms with van der Waals surface area (Å²) in [5.74, 6) is 0.0346. The minimum absolute atomic E-state index is 0.0346. The van der Waals surface area contributed by atoms with Crippen LogP contribution in [0.4, 0.5) is 5.69 Å². The average molecular weight is 395 g/mol. The van der Waals surface area contributed by atoms with Crippen LogP contribution in [-0.4, -0.2) is 49.9 Å². The smallest absolute Gasteiger partial charge is 0.241 e. The molecule has 1 aliphatic rings. The van der Waals surface area contributed by atoms with Crippen molar-refractivity contribution in [1.29, 1.82) is 0 Å². The van der Waals surface area contributed by atoms with Crippen molar-refractivity contribution in [1.82, 2.24) is 25.1 Å². The number of tetrazole rings is 1. The average Bonchev–Trinajstić information content (AvgIpc) is 3.38. The van der Waals surface area contributed by atoms with Crippen LogP contribution in [0.3, 0.4) is 0 Å². The highest BCUT2D eigenvalue weighted by Gasteiger charge is 2.30. The van der Waals surface area contributed by atoms with Gasteiger partial charge in [-0.15, -0.1) is 5.10 Å². The first-order chi connectivity index (χ1) is 13.7. The Hall–Kier alpha value is -2.71. The second-order valence-corrected chi connectivity index (χ2v) is 7.50. The van der Waals surface area contributed by atoms with Crippen molar-refractivity contribution >= 4 is 23.4 Å². The van der Waals surface area contributed by atoms with Crippen molar-refractivity contribution in [2.75, 3.05) is 18.1 Å².